The highest BCUT2D eigenvalue weighted by Gasteiger charge is 2.23. The molecule has 3 amide bonds. The predicted molar refractivity (Wildman–Crippen MR) is 114 cm³/mol. The summed E-state index contributed by atoms with van der Waals surface area (Å²) in [5.41, 5.74) is 3.33. The molecular weight excluding hydrogens is 386 g/mol. The first-order valence-corrected chi connectivity index (χ1v) is 10.5. The molecule has 0 saturated heterocycles. The number of hydrogen-bond acceptors (Lipinski definition) is 4. The van der Waals surface area contributed by atoms with Crippen LogP contribution < -0.4 is 16.0 Å². The van der Waals surface area contributed by atoms with E-state index in [0.717, 1.165) is 24.8 Å². The van der Waals surface area contributed by atoms with Crippen LogP contribution in [0.2, 0.25) is 0 Å². The number of nitrogens with one attached hydrogen (secondary N) is 3. The van der Waals surface area contributed by atoms with Crippen molar-refractivity contribution in [2.75, 3.05) is 10.6 Å². The Morgan fingerprint density at radius 1 is 1.14 bits per heavy atom. The standard InChI is InChI=1S/C22H23N3O3S/c1-14-4-9-18-19(13-29-20(18)11-14)21(26)24-15-5-7-16(8-6-15)25-22(27)23-12-17-3-2-10-28-17/h2-3,5-8,10,13-14H,4,9,11-12H2,1H3,(H,24,26)(H2,23,25,27). The van der Waals surface area contributed by atoms with Crippen LogP contribution >= 0.6 is 11.3 Å². The van der Waals surface area contributed by atoms with Gasteiger partial charge in [-0.3, -0.25) is 4.79 Å². The van der Waals surface area contributed by atoms with Crippen molar-refractivity contribution in [3.8, 4) is 0 Å². The summed E-state index contributed by atoms with van der Waals surface area (Å²) in [4.78, 5) is 26.0. The van der Waals surface area contributed by atoms with Gasteiger partial charge in [0.25, 0.3) is 5.91 Å². The van der Waals surface area contributed by atoms with E-state index in [1.54, 1.807) is 54.0 Å². The maximum absolute atomic E-state index is 12.7. The van der Waals surface area contributed by atoms with Crippen LogP contribution in [0.15, 0.2) is 52.5 Å². The minimum Gasteiger partial charge on any atom is -0.467 e. The molecule has 6 nitrogen and oxygen atoms in total. The van der Waals surface area contributed by atoms with Crippen molar-refractivity contribution in [2.24, 2.45) is 5.92 Å². The van der Waals surface area contributed by atoms with E-state index in [1.807, 2.05) is 5.38 Å². The molecule has 0 spiro atoms. The number of fused-ring (bicyclic) bond motifs is 1. The topological polar surface area (TPSA) is 83.4 Å². The van der Waals surface area contributed by atoms with Crippen molar-refractivity contribution < 1.29 is 14.0 Å². The Hall–Kier alpha value is -3.06. The van der Waals surface area contributed by atoms with Crippen molar-refractivity contribution in [1.82, 2.24) is 5.32 Å². The second-order valence-electron chi connectivity index (χ2n) is 7.32. The lowest BCUT2D eigenvalue weighted by Crippen LogP contribution is -2.27. The van der Waals surface area contributed by atoms with E-state index >= 15 is 0 Å². The van der Waals surface area contributed by atoms with E-state index in [0.29, 0.717) is 29.6 Å². The molecule has 29 heavy (non-hydrogen) atoms. The molecule has 2 heterocycles. The minimum absolute atomic E-state index is 0.0750. The molecule has 0 aliphatic heterocycles. The van der Waals surface area contributed by atoms with Crippen molar-refractivity contribution in [3.05, 3.63) is 69.8 Å². The van der Waals surface area contributed by atoms with Crippen LogP contribution in [0.4, 0.5) is 16.2 Å². The first kappa shape index (κ1) is 19.3. The van der Waals surface area contributed by atoms with Gasteiger partial charge in [-0.2, -0.15) is 0 Å². The highest BCUT2D eigenvalue weighted by molar-refractivity contribution is 7.10. The molecule has 0 saturated carbocycles. The summed E-state index contributed by atoms with van der Waals surface area (Å²) in [6, 6.07) is 10.3. The Kier molecular flexibility index (Phi) is 5.67. The first-order valence-electron chi connectivity index (χ1n) is 9.66. The molecule has 1 unspecified atom stereocenters. The van der Waals surface area contributed by atoms with Crippen LogP contribution in [0.25, 0.3) is 0 Å². The first-order chi connectivity index (χ1) is 14.1. The van der Waals surface area contributed by atoms with E-state index in [4.69, 9.17) is 4.42 Å². The SMILES string of the molecule is CC1CCc2c(C(=O)Nc3ccc(NC(=O)NCc4ccco4)cc3)csc2C1. The van der Waals surface area contributed by atoms with Crippen LogP contribution in [0.1, 0.15) is 39.9 Å². The summed E-state index contributed by atoms with van der Waals surface area (Å²) in [5, 5.41) is 10.4. The number of rotatable bonds is 5. The average molecular weight is 410 g/mol. The van der Waals surface area contributed by atoms with Crippen molar-refractivity contribution in [2.45, 2.75) is 32.7 Å². The summed E-state index contributed by atoms with van der Waals surface area (Å²) in [6.45, 7) is 2.58. The summed E-state index contributed by atoms with van der Waals surface area (Å²) in [6.07, 6.45) is 4.73. The van der Waals surface area contributed by atoms with E-state index in [9.17, 15) is 9.59 Å². The third-order valence-electron chi connectivity index (χ3n) is 5.05. The predicted octanol–water partition coefficient (Wildman–Crippen LogP) is 5.04. The molecule has 0 bridgehead atoms. The van der Waals surface area contributed by atoms with Gasteiger partial charge in [-0.05, 0) is 67.1 Å². The number of anilines is 2. The van der Waals surface area contributed by atoms with Gasteiger partial charge < -0.3 is 20.4 Å². The zero-order valence-corrected chi connectivity index (χ0v) is 17.0. The Balaban J connectivity index is 1.32. The fourth-order valence-electron chi connectivity index (χ4n) is 3.46. The molecule has 2 aromatic heterocycles. The zero-order valence-electron chi connectivity index (χ0n) is 16.2. The fraction of sp³-hybridized carbons (Fsp3) is 0.273. The molecule has 1 aromatic carbocycles. The molecule has 150 valence electrons. The van der Waals surface area contributed by atoms with Gasteiger partial charge in [0.1, 0.15) is 5.76 Å². The second kappa shape index (κ2) is 8.53. The minimum atomic E-state index is -0.322. The third kappa shape index (κ3) is 4.68. The largest absolute Gasteiger partial charge is 0.467 e. The maximum Gasteiger partial charge on any atom is 0.319 e. The van der Waals surface area contributed by atoms with Crippen LogP contribution in [0.3, 0.4) is 0 Å². The molecular formula is C22H23N3O3S. The molecule has 7 heteroatoms. The maximum atomic E-state index is 12.7. The zero-order chi connectivity index (χ0) is 20.2. The van der Waals surface area contributed by atoms with Gasteiger partial charge in [-0.1, -0.05) is 6.92 Å². The fourth-order valence-corrected chi connectivity index (χ4v) is 4.70. The molecule has 0 fully saturated rings. The van der Waals surface area contributed by atoms with Gasteiger partial charge in [-0.15, -0.1) is 11.3 Å². The van der Waals surface area contributed by atoms with Crippen LogP contribution in [0.5, 0.6) is 0 Å². The second-order valence-corrected chi connectivity index (χ2v) is 8.28. The normalized spacial score (nSPS) is 15.4. The Morgan fingerprint density at radius 2 is 1.90 bits per heavy atom. The monoisotopic (exact) mass is 409 g/mol. The molecule has 3 N–H and O–H groups in total. The van der Waals surface area contributed by atoms with Gasteiger partial charge in [0.15, 0.2) is 0 Å². The Morgan fingerprint density at radius 3 is 2.62 bits per heavy atom. The lowest BCUT2D eigenvalue weighted by molar-refractivity contribution is 0.102. The van der Waals surface area contributed by atoms with Crippen LogP contribution in [0, 0.1) is 5.92 Å². The Labute approximate surface area is 173 Å². The van der Waals surface area contributed by atoms with Gasteiger partial charge >= 0.3 is 6.03 Å². The van der Waals surface area contributed by atoms with E-state index in [-0.39, 0.29) is 11.9 Å². The van der Waals surface area contributed by atoms with Crippen molar-refractivity contribution in [1.29, 1.82) is 0 Å². The lowest BCUT2D eigenvalue weighted by atomic mass is 9.88. The number of benzene rings is 1. The Bertz CT molecular complexity index is 993. The molecule has 3 aromatic rings. The molecule has 1 aliphatic rings. The number of carbonyl (C=O) groups is 2. The summed E-state index contributed by atoms with van der Waals surface area (Å²) < 4.78 is 5.18. The van der Waals surface area contributed by atoms with E-state index in [2.05, 4.69) is 22.9 Å². The van der Waals surface area contributed by atoms with Gasteiger partial charge in [-0.25, -0.2) is 4.79 Å². The summed E-state index contributed by atoms with van der Waals surface area (Å²) >= 11 is 1.69. The summed E-state index contributed by atoms with van der Waals surface area (Å²) in [7, 11) is 0. The van der Waals surface area contributed by atoms with Crippen LogP contribution in [-0.4, -0.2) is 11.9 Å². The number of furan rings is 1. The van der Waals surface area contributed by atoms with Crippen molar-refractivity contribution >= 4 is 34.6 Å². The molecule has 0 radical (unpaired) electrons. The highest BCUT2D eigenvalue weighted by atomic mass is 32.1. The number of urea groups is 1. The van der Waals surface area contributed by atoms with E-state index in [1.165, 1.54) is 10.4 Å². The summed E-state index contributed by atoms with van der Waals surface area (Å²) in [5.74, 6) is 1.30. The number of thiophene rings is 1. The third-order valence-corrected chi connectivity index (χ3v) is 6.10. The molecule has 1 atom stereocenters. The lowest BCUT2D eigenvalue weighted by Gasteiger charge is -2.18. The number of carbonyl (C=O) groups excluding carboxylic acids is 2. The van der Waals surface area contributed by atoms with Gasteiger partial charge in [0.2, 0.25) is 0 Å². The van der Waals surface area contributed by atoms with Gasteiger partial charge in [0, 0.05) is 21.6 Å². The molecule has 4 rings (SSSR count). The quantitative estimate of drug-likeness (QED) is 0.552. The van der Waals surface area contributed by atoms with Crippen LogP contribution in [-0.2, 0) is 19.4 Å². The highest BCUT2D eigenvalue weighted by Crippen LogP contribution is 2.33. The van der Waals surface area contributed by atoms with Gasteiger partial charge in [0.05, 0.1) is 18.4 Å². The molecule has 1 aliphatic carbocycles. The average Bonchev–Trinajstić information content (AvgIpc) is 3.37. The van der Waals surface area contributed by atoms with E-state index < -0.39 is 0 Å². The smallest absolute Gasteiger partial charge is 0.319 e. The number of hydrogen-bond donors (Lipinski definition) is 3. The number of amides is 3. The van der Waals surface area contributed by atoms with Crippen molar-refractivity contribution in [3.63, 3.8) is 0 Å².